The van der Waals surface area contributed by atoms with Gasteiger partial charge in [-0.3, -0.25) is 10.4 Å². The van der Waals surface area contributed by atoms with Gasteiger partial charge in [0.25, 0.3) is 0 Å². The Morgan fingerprint density at radius 3 is 2.40 bits per heavy atom. The summed E-state index contributed by atoms with van der Waals surface area (Å²) in [5.41, 5.74) is 3.26. The van der Waals surface area contributed by atoms with E-state index in [1.807, 2.05) is 19.1 Å². The summed E-state index contributed by atoms with van der Waals surface area (Å²) in [6.07, 6.45) is 2.61. The van der Waals surface area contributed by atoms with Gasteiger partial charge in [-0.15, -0.1) is 0 Å². The molecule has 0 aliphatic heterocycles. The third-order valence-corrected chi connectivity index (χ3v) is 1.54. The molecule has 0 saturated carbocycles. The molecule has 1 atom stereocenters. The van der Waals surface area contributed by atoms with Crippen LogP contribution in [0.4, 0.5) is 0 Å². The molecule has 2 nitrogen and oxygen atoms in total. The average molecular weight is 144 g/mol. The Kier molecular flexibility index (Phi) is 5.64. The lowest BCUT2D eigenvalue weighted by Gasteiger charge is -2.15. The molecule has 0 spiro atoms. The van der Waals surface area contributed by atoms with Crippen molar-refractivity contribution < 1.29 is 0 Å². The Hall–Kier alpha value is -0.0800. The molecule has 0 aromatic heterocycles. The Morgan fingerprint density at radius 2 is 2.00 bits per heavy atom. The summed E-state index contributed by atoms with van der Waals surface area (Å²) in [7, 11) is 4.05. The van der Waals surface area contributed by atoms with E-state index in [-0.39, 0.29) is 0 Å². The van der Waals surface area contributed by atoms with Gasteiger partial charge in [-0.1, -0.05) is 20.3 Å². The monoisotopic (exact) mass is 144 g/mol. The van der Waals surface area contributed by atoms with Gasteiger partial charge in [0, 0.05) is 20.6 Å². The highest BCUT2D eigenvalue weighted by Crippen LogP contribution is 2.02. The van der Waals surface area contributed by atoms with Crippen LogP contribution in [0.15, 0.2) is 0 Å². The lowest BCUT2D eigenvalue weighted by Crippen LogP contribution is -2.33. The van der Waals surface area contributed by atoms with E-state index in [2.05, 4.69) is 19.3 Å². The van der Waals surface area contributed by atoms with Gasteiger partial charge in [0.05, 0.1) is 0 Å². The Balaban J connectivity index is 3.12. The van der Waals surface area contributed by atoms with Crippen LogP contribution in [0.3, 0.4) is 0 Å². The third kappa shape index (κ3) is 6.05. The van der Waals surface area contributed by atoms with Crippen LogP contribution in [-0.4, -0.2) is 25.6 Å². The van der Waals surface area contributed by atoms with Crippen molar-refractivity contribution in [1.29, 1.82) is 0 Å². The summed E-state index contributed by atoms with van der Waals surface area (Å²) in [5.74, 6) is 0.799. The lowest BCUT2D eigenvalue weighted by atomic mass is 10.1. The lowest BCUT2D eigenvalue weighted by molar-refractivity contribution is 0.262. The van der Waals surface area contributed by atoms with Crippen LogP contribution in [0.25, 0.3) is 0 Å². The van der Waals surface area contributed by atoms with E-state index >= 15 is 0 Å². The smallest absolute Gasteiger partial charge is 0.0128 e. The maximum absolute atomic E-state index is 3.26. The van der Waals surface area contributed by atoms with E-state index in [0.717, 1.165) is 12.5 Å². The van der Waals surface area contributed by atoms with Crippen molar-refractivity contribution in [1.82, 2.24) is 10.4 Å². The van der Waals surface area contributed by atoms with E-state index < -0.39 is 0 Å². The molecule has 10 heavy (non-hydrogen) atoms. The maximum Gasteiger partial charge on any atom is 0.0128 e. The molecule has 0 radical (unpaired) electrons. The van der Waals surface area contributed by atoms with E-state index in [1.54, 1.807) is 0 Å². The molecule has 0 bridgehead atoms. The molecule has 0 aromatic rings. The first kappa shape index (κ1) is 9.92. The molecule has 2 heteroatoms. The Labute approximate surface area is 64.6 Å². The van der Waals surface area contributed by atoms with E-state index in [0.29, 0.717) is 0 Å². The molecule has 0 saturated heterocycles. The first-order valence-electron chi connectivity index (χ1n) is 4.07. The summed E-state index contributed by atoms with van der Waals surface area (Å²) in [4.78, 5) is 0. The molecular formula is C8H20N2. The van der Waals surface area contributed by atoms with Crippen molar-refractivity contribution in [2.75, 3.05) is 20.6 Å². The topological polar surface area (TPSA) is 15.3 Å². The minimum absolute atomic E-state index is 0.799. The van der Waals surface area contributed by atoms with Crippen LogP contribution in [0.1, 0.15) is 26.7 Å². The summed E-state index contributed by atoms with van der Waals surface area (Å²) >= 11 is 0. The fourth-order valence-corrected chi connectivity index (χ4v) is 0.933. The second-order valence-corrected chi connectivity index (χ2v) is 3.15. The molecule has 0 amide bonds. The van der Waals surface area contributed by atoms with Crippen molar-refractivity contribution in [3.05, 3.63) is 0 Å². The molecule has 0 aliphatic carbocycles. The molecule has 1 N–H and O–H groups in total. The van der Waals surface area contributed by atoms with Crippen molar-refractivity contribution in [3.8, 4) is 0 Å². The maximum atomic E-state index is 3.26. The Bertz CT molecular complexity index is 71.7. The van der Waals surface area contributed by atoms with Crippen LogP contribution in [0.2, 0.25) is 0 Å². The van der Waals surface area contributed by atoms with Gasteiger partial charge in [0.1, 0.15) is 0 Å². The van der Waals surface area contributed by atoms with E-state index in [4.69, 9.17) is 0 Å². The second-order valence-electron chi connectivity index (χ2n) is 3.15. The number of rotatable bonds is 5. The summed E-state index contributed by atoms with van der Waals surface area (Å²) in [6.45, 7) is 5.60. The number of nitrogens with one attached hydrogen (secondary N) is 1. The summed E-state index contributed by atoms with van der Waals surface area (Å²) in [6, 6.07) is 0. The fourth-order valence-electron chi connectivity index (χ4n) is 0.933. The Morgan fingerprint density at radius 1 is 1.40 bits per heavy atom. The van der Waals surface area contributed by atoms with Gasteiger partial charge < -0.3 is 0 Å². The summed E-state index contributed by atoms with van der Waals surface area (Å²) in [5, 5.41) is 2.01. The average Bonchev–Trinajstić information content (AvgIpc) is 1.85. The number of nitrogens with zero attached hydrogens (tertiary/aromatic N) is 1. The van der Waals surface area contributed by atoms with E-state index in [9.17, 15) is 0 Å². The molecule has 0 heterocycles. The van der Waals surface area contributed by atoms with Crippen molar-refractivity contribution in [2.45, 2.75) is 26.7 Å². The quantitative estimate of drug-likeness (QED) is 0.588. The molecule has 0 aromatic carbocycles. The highest BCUT2D eigenvalue weighted by Gasteiger charge is 1.98. The molecule has 0 rings (SSSR count). The number of hydrazine groups is 1. The zero-order valence-electron chi connectivity index (χ0n) is 7.65. The highest BCUT2D eigenvalue weighted by atomic mass is 15.5. The van der Waals surface area contributed by atoms with Gasteiger partial charge in [0.15, 0.2) is 0 Å². The molecule has 0 aliphatic rings. The predicted octanol–water partition coefficient (Wildman–Crippen LogP) is 1.49. The minimum Gasteiger partial charge on any atom is -0.255 e. The normalized spacial score (nSPS) is 14.1. The van der Waals surface area contributed by atoms with Gasteiger partial charge in [0.2, 0.25) is 0 Å². The van der Waals surface area contributed by atoms with E-state index in [1.165, 1.54) is 12.8 Å². The molecule has 0 fully saturated rings. The third-order valence-electron chi connectivity index (χ3n) is 1.54. The number of hydrogen-bond acceptors (Lipinski definition) is 2. The first-order chi connectivity index (χ1) is 4.66. The molecular weight excluding hydrogens is 124 g/mol. The predicted molar refractivity (Wildman–Crippen MR) is 45.8 cm³/mol. The minimum atomic E-state index is 0.799. The first-order valence-corrected chi connectivity index (χ1v) is 4.07. The number of hydrogen-bond donors (Lipinski definition) is 1. The van der Waals surface area contributed by atoms with Gasteiger partial charge in [-0.05, 0) is 12.3 Å². The highest BCUT2D eigenvalue weighted by molar-refractivity contribution is 4.52. The van der Waals surface area contributed by atoms with Crippen LogP contribution < -0.4 is 5.43 Å². The van der Waals surface area contributed by atoms with Gasteiger partial charge in [-0.2, -0.15) is 0 Å². The van der Waals surface area contributed by atoms with Crippen molar-refractivity contribution in [2.24, 2.45) is 5.92 Å². The van der Waals surface area contributed by atoms with Crippen molar-refractivity contribution in [3.63, 3.8) is 0 Å². The van der Waals surface area contributed by atoms with Crippen molar-refractivity contribution >= 4 is 0 Å². The second kappa shape index (κ2) is 5.69. The zero-order valence-corrected chi connectivity index (χ0v) is 7.65. The van der Waals surface area contributed by atoms with Crippen LogP contribution >= 0.6 is 0 Å². The van der Waals surface area contributed by atoms with Crippen LogP contribution in [0.5, 0.6) is 0 Å². The van der Waals surface area contributed by atoms with Crippen LogP contribution in [-0.2, 0) is 0 Å². The van der Waals surface area contributed by atoms with Crippen LogP contribution in [0, 0.1) is 5.92 Å². The van der Waals surface area contributed by atoms with Gasteiger partial charge >= 0.3 is 0 Å². The largest absolute Gasteiger partial charge is 0.255 e. The molecule has 62 valence electrons. The standard InChI is InChI=1S/C8H20N2/c1-5-6-8(2)7-9-10(3)4/h8-9H,5-7H2,1-4H3. The SMILES string of the molecule is CCCC(C)CNN(C)C. The zero-order chi connectivity index (χ0) is 7.98. The summed E-state index contributed by atoms with van der Waals surface area (Å²) < 4.78 is 0. The fraction of sp³-hybridized carbons (Fsp3) is 1.00. The van der Waals surface area contributed by atoms with Gasteiger partial charge in [-0.25, -0.2) is 0 Å². The molecule has 1 unspecified atom stereocenters.